The lowest BCUT2D eigenvalue weighted by Gasteiger charge is -2.07. The molecule has 0 aliphatic carbocycles. The van der Waals surface area contributed by atoms with E-state index in [9.17, 15) is 13.2 Å². The van der Waals surface area contributed by atoms with Crippen LogP contribution in [0.5, 0.6) is 5.75 Å². The number of methoxy groups -OCH3 is 1. The standard InChI is InChI=1S/C7H5BrF3NO/c1-13-6-3(8)2-12-5(4(6)9)7(10)11/h2,7H,1H3. The van der Waals surface area contributed by atoms with Gasteiger partial charge in [-0.15, -0.1) is 0 Å². The van der Waals surface area contributed by atoms with Crippen LogP contribution in [0.4, 0.5) is 13.2 Å². The second-order valence-corrected chi connectivity index (χ2v) is 2.99. The normalized spacial score (nSPS) is 10.6. The van der Waals surface area contributed by atoms with E-state index in [1.807, 2.05) is 0 Å². The van der Waals surface area contributed by atoms with Gasteiger partial charge in [0.1, 0.15) is 5.69 Å². The molecule has 0 aromatic carbocycles. The lowest BCUT2D eigenvalue weighted by atomic mass is 10.3. The number of halogens is 4. The van der Waals surface area contributed by atoms with Crippen molar-refractivity contribution in [2.75, 3.05) is 7.11 Å². The first-order chi connectivity index (χ1) is 6.07. The number of nitrogens with zero attached hydrogens (tertiary/aromatic N) is 1. The van der Waals surface area contributed by atoms with E-state index in [4.69, 9.17) is 0 Å². The maximum absolute atomic E-state index is 13.1. The Balaban J connectivity index is 3.27. The van der Waals surface area contributed by atoms with Crippen molar-refractivity contribution in [3.63, 3.8) is 0 Å². The highest BCUT2D eigenvalue weighted by molar-refractivity contribution is 9.10. The maximum Gasteiger partial charge on any atom is 0.283 e. The summed E-state index contributed by atoms with van der Waals surface area (Å²) in [7, 11) is 1.19. The Morgan fingerprint density at radius 1 is 1.54 bits per heavy atom. The minimum atomic E-state index is -2.94. The summed E-state index contributed by atoms with van der Waals surface area (Å²) in [6.45, 7) is 0. The van der Waals surface area contributed by atoms with E-state index in [2.05, 4.69) is 25.7 Å². The van der Waals surface area contributed by atoms with Crippen LogP contribution in [-0.2, 0) is 0 Å². The summed E-state index contributed by atoms with van der Waals surface area (Å²) in [5, 5.41) is 0. The lowest BCUT2D eigenvalue weighted by molar-refractivity contribution is 0.139. The fourth-order valence-electron chi connectivity index (χ4n) is 0.802. The molecule has 13 heavy (non-hydrogen) atoms. The maximum atomic E-state index is 13.1. The quantitative estimate of drug-likeness (QED) is 0.811. The van der Waals surface area contributed by atoms with Gasteiger partial charge in [-0.25, -0.2) is 13.2 Å². The molecular weight excluding hydrogens is 251 g/mol. The van der Waals surface area contributed by atoms with Crippen molar-refractivity contribution in [3.05, 3.63) is 22.2 Å². The summed E-state index contributed by atoms with van der Waals surface area (Å²) >= 11 is 2.92. The van der Waals surface area contributed by atoms with Crippen LogP contribution in [0.25, 0.3) is 0 Å². The van der Waals surface area contributed by atoms with Crippen LogP contribution < -0.4 is 4.74 Å². The minimum absolute atomic E-state index is 0.205. The molecule has 0 bridgehead atoms. The number of hydrogen-bond donors (Lipinski definition) is 0. The van der Waals surface area contributed by atoms with Crippen molar-refractivity contribution in [2.24, 2.45) is 0 Å². The zero-order valence-corrected chi connectivity index (χ0v) is 8.11. The fourth-order valence-corrected chi connectivity index (χ4v) is 1.24. The summed E-state index contributed by atoms with van der Waals surface area (Å²) in [5.41, 5.74) is -0.903. The van der Waals surface area contributed by atoms with Gasteiger partial charge >= 0.3 is 0 Å². The van der Waals surface area contributed by atoms with E-state index in [1.165, 1.54) is 7.11 Å². The van der Waals surface area contributed by atoms with Crippen LogP contribution in [0.3, 0.4) is 0 Å². The van der Waals surface area contributed by atoms with E-state index >= 15 is 0 Å². The van der Waals surface area contributed by atoms with Gasteiger partial charge in [0.2, 0.25) is 0 Å². The topological polar surface area (TPSA) is 22.1 Å². The minimum Gasteiger partial charge on any atom is -0.492 e. The van der Waals surface area contributed by atoms with Crippen LogP contribution in [-0.4, -0.2) is 12.1 Å². The zero-order chi connectivity index (χ0) is 10.0. The number of ether oxygens (including phenoxy) is 1. The summed E-state index contributed by atoms with van der Waals surface area (Å²) in [6.07, 6.45) is -1.87. The highest BCUT2D eigenvalue weighted by Gasteiger charge is 2.20. The molecule has 0 aliphatic rings. The number of alkyl halides is 2. The molecule has 1 heterocycles. The monoisotopic (exact) mass is 255 g/mol. The third-order valence-corrected chi connectivity index (χ3v) is 1.93. The Bertz CT molecular complexity index is 319. The predicted molar refractivity (Wildman–Crippen MR) is 43.4 cm³/mol. The number of rotatable bonds is 2. The number of hydrogen-bond acceptors (Lipinski definition) is 2. The second-order valence-electron chi connectivity index (χ2n) is 2.14. The number of pyridine rings is 1. The molecule has 1 aromatic heterocycles. The average molecular weight is 256 g/mol. The van der Waals surface area contributed by atoms with E-state index < -0.39 is 17.9 Å². The molecule has 0 N–H and O–H groups in total. The molecule has 0 atom stereocenters. The van der Waals surface area contributed by atoms with E-state index in [-0.39, 0.29) is 10.2 Å². The highest BCUT2D eigenvalue weighted by atomic mass is 79.9. The van der Waals surface area contributed by atoms with Crippen molar-refractivity contribution in [1.29, 1.82) is 0 Å². The molecule has 2 nitrogen and oxygen atoms in total. The molecule has 0 radical (unpaired) electrons. The van der Waals surface area contributed by atoms with Gasteiger partial charge in [0, 0.05) is 6.20 Å². The molecule has 1 aromatic rings. The summed E-state index contributed by atoms with van der Waals surface area (Å²) in [4.78, 5) is 3.23. The predicted octanol–water partition coefficient (Wildman–Crippen LogP) is 2.93. The zero-order valence-electron chi connectivity index (χ0n) is 6.52. The van der Waals surface area contributed by atoms with Gasteiger partial charge in [-0.1, -0.05) is 0 Å². The van der Waals surface area contributed by atoms with Crippen LogP contribution in [0, 0.1) is 5.82 Å². The summed E-state index contributed by atoms with van der Waals surface area (Å²) in [6, 6.07) is 0. The first kappa shape index (κ1) is 10.3. The molecule has 1 rings (SSSR count). The third-order valence-electron chi connectivity index (χ3n) is 1.37. The van der Waals surface area contributed by atoms with Crippen LogP contribution in [0.1, 0.15) is 12.1 Å². The molecule has 0 saturated carbocycles. The Morgan fingerprint density at radius 3 is 2.62 bits per heavy atom. The second kappa shape index (κ2) is 3.95. The van der Waals surface area contributed by atoms with Gasteiger partial charge < -0.3 is 4.74 Å². The van der Waals surface area contributed by atoms with Crippen molar-refractivity contribution < 1.29 is 17.9 Å². The van der Waals surface area contributed by atoms with Crippen molar-refractivity contribution in [1.82, 2.24) is 4.98 Å². The van der Waals surface area contributed by atoms with Crippen LogP contribution in [0.2, 0.25) is 0 Å². The molecule has 0 spiro atoms. The first-order valence-electron chi connectivity index (χ1n) is 3.24. The Morgan fingerprint density at radius 2 is 2.15 bits per heavy atom. The Labute approximate surface area is 80.9 Å². The highest BCUT2D eigenvalue weighted by Crippen LogP contribution is 2.32. The van der Waals surface area contributed by atoms with Gasteiger partial charge in [0.15, 0.2) is 11.6 Å². The molecule has 72 valence electrons. The molecule has 0 unspecified atom stereocenters. The fraction of sp³-hybridized carbons (Fsp3) is 0.286. The van der Waals surface area contributed by atoms with Crippen LogP contribution >= 0.6 is 15.9 Å². The molecular formula is C7H5BrF3NO. The van der Waals surface area contributed by atoms with Crippen LogP contribution in [0.15, 0.2) is 10.7 Å². The van der Waals surface area contributed by atoms with Crippen molar-refractivity contribution in [2.45, 2.75) is 6.43 Å². The molecule has 0 amide bonds. The van der Waals surface area contributed by atoms with E-state index in [1.54, 1.807) is 0 Å². The van der Waals surface area contributed by atoms with E-state index in [0.717, 1.165) is 6.20 Å². The molecule has 0 aliphatic heterocycles. The third kappa shape index (κ3) is 1.93. The molecule has 0 fully saturated rings. The Hall–Kier alpha value is -0.780. The van der Waals surface area contributed by atoms with Gasteiger partial charge in [0.05, 0.1) is 11.6 Å². The molecule has 0 saturated heterocycles. The van der Waals surface area contributed by atoms with Gasteiger partial charge in [0.25, 0.3) is 6.43 Å². The van der Waals surface area contributed by atoms with Gasteiger partial charge in [-0.2, -0.15) is 0 Å². The SMILES string of the molecule is COc1c(Br)cnc(C(F)F)c1F. The summed E-state index contributed by atoms with van der Waals surface area (Å²) < 4.78 is 42.1. The van der Waals surface area contributed by atoms with Gasteiger partial charge in [-0.3, -0.25) is 4.98 Å². The summed E-state index contributed by atoms with van der Waals surface area (Å²) in [5.74, 6) is -1.39. The first-order valence-corrected chi connectivity index (χ1v) is 4.03. The largest absolute Gasteiger partial charge is 0.492 e. The average Bonchev–Trinajstić information content (AvgIpc) is 2.04. The smallest absolute Gasteiger partial charge is 0.283 e. The molecule has 6 heteroatoms. The lowest BCUT2D eigenvalue weighted by Crippen LogP contribution is -1.99. The van der Waals surface area contributed by atoms with Gasteiger partial charge in [-0.05, 0) is 15.9 Å². The van der Waals surface area contributed by atoms with E-state index in [0.29, 0.717) is 0 Å². The van der Waals surface area contributed by atoms with Crippen molar-refractivity contribution >= 4 is 15.9 Å². The Kier molecular flexibility index (Phi) is 3.13. The number of aromatic nitrogens is 1. The van der Waals surface area contributed by atoms with Crippen molar-refractivity contribution in [3.8, 4) is 5.75 Å².